The predicted molar refractivity (Wildman–Crippen MR) is 86.2 cm³/mol. The topological polar surface area (TPSA) is 101 Å². The average molecular weight is 370 g/mol. The van der Waals surface area contributed by atoms with Crippen molar-refractivity contribution in [2.24, 2.45) is 0 Å². The number of nitrogens with zero attached hydrogens (tertiary/aromatic N) is 1. The molecule has 2 atom stereocenters. The summed E-state index contributed by atoms with van der Waals surface area (Å²) in [6.45, 7) is 2.66. The Kier molecular flexibility index (Phi) is 6.57. The first-order valence-electron chi connectivity index (χ1n) is 6.49. The highest BCUT2D eigenvalue weighted by Gasteiger charge is 2.30. The summed E-state index contributed by atoms with van der Waals surface area (Å²) >= 11 is 5.77. The molecule has 0 amide bonds. The van der Waals surface area contributed by atoms with Gasteiger partial charge in [0.15, 0.2) is 4.90 Å². The van der Waals surface area contributed by atoms with Crippen molar-refractivity contribution >= 4 is 39.7 Å². The molecule has 1 aromatic carbocycles. The summed E-state index contributed by atoms with van der Waals surface area (Å²) in [5.41, 5.74) is -0.478. The second-order valence-corrected chi connectivity index (χ2v) is 7.19. The molecule has 22 heavy (non-hydrogen) atoms. The molecule has 1 saturated heterocycles. The molecule has 0 aliphatic carbocycles. The van der Waals surface area contributed by atoms with Gasteiger partial charge in [-0.05, 0) is 38.4 Å². The van der Waals surface area contributed by atoms with Gasteiger partial charge in [0.2, 0.25) is 10.0 Å². The van der Waals surface area contributed by atoms with Crippen LogP contribution < -0.4 is 10.0 Å². The van der Waals surface area contributed by atoms with Crippen molar-refractivity contribution < 1.29 is 13.3 Å². The summed E-state index contributed by atoms with van der Waals surface area (Å²) < 4.78 is 27.3. The van der Waals surface area contributed by atoms with E-state index in [0.717, 1.165) is 12.1 Å². The number of hydrogen-bond acceptors (Lipinski definition) is 5. The minimum atomic E-state index is -3.99. The minimum Gasteiger partial charge on any atom is -0.314 e. The number of sulfonamides is 1. The van der Waals surface area contributed by atoms with Gasteiger partial charge < -0.3 is 5.32 Å². The Bertz CT molecular complexity index is 654. The van der Waals surface area contributed by atoms with Crippen LogP contribution in [0.3, 0.4) is 0 Å². The molecule has 1 aromatic rings. The van der Waals surface area contributed by atoms with Crippen LogP contribution in [0.5, 0.6) is 0 Å². The molecule has 1 heterocycles. The zero-order valence-corrected chi connectivity index (χ0v) is 14.2. The standard InChI is InChI=1S/C12H16ClN3O4S.ClH/c1-8-6-10(4-5-14-8)15-21(19,20)12-7-9(13)2-3-11(12)16(17)18;/h2-3,7-8,10,14-15H,4-6H2,1H3;1H. The van der Waals surface area contributed by atoms with E-state index in [9.17, 15) is 18.5 Å². The number of nitro groups is 1. The summed E-state index contributed by atoms with van der Waals surface area (Å²) in [5, 5.41) is 14.3. The van der Waals surface area contributed by atoms with E-state index in [0.29, 0.717) is 19.4 Å². The number of rotatable bonds is 4. The van der Waals surface area contributed by atoms with Gasteiger partial charge in [-0.25, -0.2) is 13.1 Å². The van der Waals surface area contributed by atoms with Gasteiger partial charge in [0.1, 0.15) is 0 Å². The first kappa shape index (κ1) is 19.1. The minimum absolute atomic E-state index is 0. The Balaban J connectivity index is 0.00000242. The molecule has 0 spiro atoms. The fraction of sp³-hybridized carbons (Fsp3) is 0.500. The molecule has 2 unspecified atom stereocenters. The third-order valence-electron chi connectivity index (χ3n) is 3.35. The van der Waals surface area contributed by atoms with Crippen LogP contribution in [-0.2, 0) is 10.0 Å². The Hall–Kier alpha value is -0.930. The van der Waals surface area contributed by atoms with Crippen LogP contribution in [-0.4, -0.2) is 32.0 Å². The molecule has 0 saturated carbocycles. The van der Waals surface area contributed by atoms with E-state index in [1.807, 2.05) is 6.92 Å². The smallest absolute Gasteiger partial charge is 0.289 e. The van der Waals surface area contributed by atoms with Gasteiger partial charge in [0.05, 0.1) is 4.92 Å². The predicted octanol–water partition coefficient (Wildman–Crippen LogP) is 2.09. The number of halogens is 2. The van der Waals surface area contributed by atoms with Gasteiger partial charge in [-0.15, -0.1) is 12.4 Å². The fourth-order valence-electron chi connectivity index (χ4n) is 2.38. The number of piperidine rings is 1. The van der Waals surface area contributed by atoms with E-state index >= 15 is 0 Å². The first-order chi connectivity index (χ1) is 9.79. The number of nitrogens with one attached hydrogen (secondary N) is 2. The monoisotopic (exact) mass is 369 g/mol. The largest absolute Gasteiger partial charge is 0.314 e. The summed E-state index contributed by atoms with van der Waals surface area (Å²) in [5.74, 6) is 0. The summed E-state index contributed by atoms with van der Waals surface area (Å²) in [4.78, 5) is 9.86. The van der Waals surface area contributed by atoms with E-state index in [-0.39, 0.29) is 29.5 Å². The van der Waals surface area contributed by atoms with E-state index < -0.39 is 25.5 Å². The lowest BCUT2D eigenvalue weighted by Crippen LogP contribution is -2.46. The van der Waals surface area contributed by atoms with Crippen LogP contribution in [0.4, 0.5) is 5.69 Å². The third kappa shape index (κ3) is 4.53. The summed E-state index contributed by atoms with van der Waals surface area (Å²) in [7, 11) is -3.99. The molecule has 7 nitrogen and oxygen atoms in total. The van der Waals surface area contributed by atoms with Crippen molar-refractivity contribution in [1.29, 1.82) is 0 Å². The van der Waals surface area contributed by atoms with Crippen LogP contribution in [0.2, 0.25) is 5.02 Å². The second-order valence-electron chi connectivity index (χ2n) is 5.07. The third-order valence-corrected chi connectivity index (χ3v) is 5.14. The van der Waals surface area contributed by atoms with Crippen LogP contribution in [0.1, 0.15) is 19.8 Å². The molecule has 124 valence electrons. The maximum absolute atomic E-state index is 12.4. The molecule has 2 rings (SSSR count). The molecule has 0 radical (unpaired) electrons. The summed E-state index contributed by atoms with van der Waals surface area (Å²) in [6.07, 6.45) is 1.27. The maximum Gasteiger partial charge on any atom is 0.289 e. The Morgan fingerprint density at radius 2 is 2.14 bits per heavy atom. The van der Waals surface area contributed by atoms with E-state index in [1.54, 1.807) is 0 Å². The fourth-order valence-corrected chi connectivity index (χ4v) is 4.09. The molecule has 10 heteroatoms. The average Bonchev–Trinajstić information content (AvgIpc) is 2.37. The Morgan fingerprint density at radius 1 is 1.45 bits per heavy atom. The van der Waals surface area contributed by atoms with Gasteiger partial charge in [-0.2, -0.15) is 0 Å². The number of hydrogen-bond donors (Lipinski definition) is 2. The SMILES string of the molecule is CC1CC(NS(=O)(=O)c2cc(Cl)ccc2[N+](=O)[O-])CCN1.Cl. The van der Waals surface area contributed by atoms with Gasteiger partial charge in [0.25, 0.3) is 5.69 Å². The molecule has 1 aliphatic heterocycles. The first-order valence-corrected chi connectivity index (χ1v) is 8.35. The number of benzene rings is 1. The van der Waals surface area contributed by atoms with Gasteiger partial charge in [-0.1, -0.05) is 11.6 Å². The van der Waals surface area contributed by atoms with Crippen LogP contribution in [0.15, 0.2) is 23.1 Å². The van der Waals surface area contributed by atoms with E-state index in [2.05, 4.69) is 10.0 Å². The highest BCUT2D eigenvalue weighted by Crippen LogP contribution is 2.27. The van der Waals surface area contributed by atoms with Crippen molar-refractivity contribution in [3.63, 3.8) is 0 Å². The zero-order valence-electron chi connectivity index (χ0n) is 11.8. The van der Waals surface area contributed by atoms with E-state index in [4.69, 9.17) is 11.6 Å². The highest BCUT2D eigenvalue weighted by atomic mass is 35.5. The van der Waals surface area contributed by atoms with Gasteiger partial charge >= 0.3 is 0 Å². The molecule has 2 N–H and O–H groups in total. The summed E-state index contributed by atoms with van der Waals surface area (Å²) in [6, 6.07) is 3.45. The van der Waals surface area contributed by atoms with E-state index in [1.165, 1.54) is 6.07 Å². The van der Waals surface area contributed by atoms with Crippen LogP contribution in [0.25, 0.3) is 0 Å². The molecular formula is C12H17Cl2N3O4S. The Morgan fingerprint density at radius 3 is 2.73 bits per heavy atom. The zero-order chi connectivity index (χ0) is 15.6. The van der Waals surface area contributed by atoms with Crippen molar-refractivity contribution in [2.45, 2.75) is 36.7 Å². The molecule has 1 fully saturated rings. The van der Waals surface area contributed by atoms with Crippen molar-refractivity contribution in [3.8, 4) is 0 Å². The Labute approximate surface area is 140 Å². The molecule has 0 aromatic heterocycles. The maximum atomic E-state index is 12.4. The van der Waals surface area contributed by atoms with Crippen LogP contribution >= 0.6 is 24.0 Å². The molecular weight excluding hydrogens is 353 g/mol. The van der Waals surface area contributed by atoms with Crippen molar-refractivity contribution in [1.82, 2.24) is 10.0 Å². The quantitative estimate of drug-likeness (QED) is 0.624. The van der Waals surface area contributed by atoms with Gasteiger partial charge in [-0.3, -0.25) is 10.1 Å². The molecule has 0 bridgehead atoms. The second kappa shape index (κ2) is 7.56. The normalized spacial score (nSPS) is 21.9. The number of nitro benzene ring substituents is 1. The van der Waals surface area contributed by atoms with Crippen LogP contribution in [0, 0.1) is 10.1 Å². The lowest BCUT2D eigenvalue weighted by Gasteiger charge is -2.28. The van der Waals surface area contributed by atoms with Crippen molar-refractivity contribution in [3.05, 3.63) is 33.3 Å². The molecule has 1 aliphatic rings. The van der Waals surface area contributed by atoms with Gasteiger partial charge in [0, 0.05) is 23.2 Å². The lowest BCUT2D eigenvalue weighted by molar-refractivity contribution is -0.387. The highest BCUT2D eigenvalue weighted by molar-refractivity contribution is 7.89. The lowest BCUT2D eigenvalue weighted by atomic mass is 10.0. The van der Waals surface area contributed by atoms with Crippen molar-refractivity contribution in [2.75, 3.05) is 6.54 Å².